The van der Waals surface area contributed by atoms with Crippen LogP contribution in [0.15, 0.2) is 60.8 Å². The zero-order valence-electron chi connectivity index (χ0n) is 41.6. The topological polar surface area (TPSA) is 239 Å². The predicted octanol–water partition coefficient (Wildman–Crippen LogP) is 4.09. The van der Waals surface area contributed by atoms with Crippen LogP contribution in [0.25, 0.3) is 11.3 Å². The van der Waals surface area contributed by atoms with Crippen molar-refractivity contribution in [3.8, 4) is 11.3 Å². The van der Waals surface area contributed by atoms with Crippen LogP contribution < -0.4 is 11.1 Å². The number of aromatic nitrogens is 3. The number of cyclic esters (lactones) is 1. The van der Waals surface area contributed by atoms with Crippen molar-refractivity contribution in [3.05, 3.63) is 66.4 Å². The number of nitrogens with zero attached hydrogens (tertiary/aromatic N) is 5. The number of ketones is 1. The predicted molar refractivity (Wildman–Crippen MR) is 254 cm³/mol. The molecule has 5 N–H and O–H groups in total. The molecule has 0 bridgehead atoms. The number of aryl methyl sites for hydroxylation is 1. The van der Waals surface area contributed by atoms with Crippen LogP contribution in [0.5, 0.6) is 0 Å². The second-order valence-electron chi connectivity index (χ2n) is 19.7. The third-order valence-electron chi connectivity index (χ3n) is 14.2. The van der Waals surface area contributed by atoms with Crippen molar-refractivity contribution in [2.75, 3.05) is 46.6 Å². The Hall–Kier alpha value is -5.02. The van der Waals surface area contributed by atoms with E-state index in [1.54, 1.807) is 72.8 Å². The number of esters is 2. The van der Waals surface area contributed by atoms with E-state index >= 15 is 0 Å². The summed E-state index contributed by atoms with van der Waals surface area (Å²) in [5.74, 6) is -4.42. The minimum Gasteiger partial charge on any atom is -0.459 e. The van der Waals surface area contributed by atoms with Gasteiger partial charge < -0.3 is 54.6 Å². The molecule has 0 spiro atoms. The SMILES string of the molecule is CC[C@H]1OC(=O)[C@H](C)C(=O)[C@@H](C)[C@H](OC2O[C@H](COC(=O)c3ccccc3)[C@@H](O)[C@H](N(C)C)[C@H]2O)[C@](C)(OC)C[C@@H](C)CN[C@H](C)[C@H]2N(CCCCn3cc(-c4cccc(N)c4)nn3)C(=O)O[C@]12C. The van der Waals surface area contributed by atoms with Crippen molar-refractivity contribution in [2.24, 2.45) is 17.8 Å². The molecule has 3 saturated heterocycles. The summed E-state index contributed by atoms with van der Waals surface area (Å²) in [6.07, 6.45) is -4.15. The van der Waals surface area contributed by atoms with Gasteiger partial charge in [0.1, 0.15) is 42.6 Å². The molecule has 380 valence electrons. The maximum Gasteiger partial charge on any atom is 0.410 e. The Labute approximate surface area is 405 Å². The van der Waals surface area contributed by atoms with E-state index in [0.29, 0.717) is 55.8 Å². The molecule has 2 aromatic carbocycles. The molecule has 1 unspecified atom stereocenters. The minimum absolute atomic E-state index is 0.135. The number of Topliss-reactive ketones (excluding diaryl/α,β-unsaturated/α-hetero) is 1. The molecular weight excluding hydrogens is 891 g/mol. The molecule has 19 heteroatoms. The molecule has 19 nitrogen and oxygen atoms in total. The number of likely N-dealkylation sites (N-methyl/N-ethyl adjacent to an activating group) is 1. The summed E-state index contributed by atoms with van der Waals surface area (Å²) >= 11 is 0. The monoisotopic (exact) mass is 964 g/mol. The molecule has 1 amide bonds. The number of aliphatic hydroxyl groups excluding tert-OH is 2. The van der Waals surface area contributed by atoms with Gasteiger partial charge in [-0.3, -0.25) is 19.2 Å². The van der Waals surface area contributed by atoms with Gasteiger partial charge in [-0.1, -0.05) is 56.3 Å². The lowest BCUT2D eigenvalue weighted by Gasteiger charge is -2.48. The van der Waals surface area contributed by atoms with Crippen LogP contribution in [0, 0.1) is 17.8 Å². The maximum absolute atomic E-state index is 14.6. The zero-order chi connectivity index (χ0) is 50.4. The number of benzene rings is 2. The van der Waals surface area contributed by atoms with Crippen LogP contribution in [0.4, 0.5) is 10.5 Å². The van der Waals surface area contributed by atoms with Crippen molar-refractivity contribution in [2.45, 2.75) is 147 Å². The highest BCUT2D eigenvalue weighted by Crippen LogP contribution is 2.40. The summed E-state index contributed by atoms with van der Waals surface area (Å²) in [6, 6.07) is 13.9. The fraction of sp³-hybridized carbons (Fsp3) is 0.640. The fourth-order valence-corrected chi connectivity index (χ4v) is 10.4. The van der Waals surface area contributed by atoms with E-state index in [0.717, 1.165) is 5.56 Å². The summed E-state index contributed by atoms with van der Waals surface area (Å²) < 4.78 is 39.0. The normalized spacial score (nSPS) is 33.8. The average Bonchev–Trinajstić information content (AvgIpc) is 3.90. The molecule has 14 atom stereocenters. The Morgan fingerprint density at radius 1 is 1.00 bits per heavy atom. The van der Waals surface area contributed by atoms with Gasteiger partial charge in [0.2, 0.25) is 0 Å². The van der Waals surface area contributed by atoms with Crippen molar-refractivity contribution in [3.63, 3.8) is 0 Å². The van der Waals surface area contributed by atoms with Crippen LogP contribution in [-0.2, 0) is 44.6 Å². The summed E-state index contributed by atoms with van der Waals surface area (Å²) in [6.45, 7) is 13.5. The molecule has 4 heterocycles. The third-order valence-corrected chi connectivity index (χ3v) is 14.2. The van der Waals surface area contributed by atoms with E-state index in [1.165, 1.54) is 14.0 Å². The first-order valence-corrected chi connectivity index (χ1v) is 24.1. The van der Waals surface area contributed by atoms with Crippen LogP contribution in [-0.4, -0.2) is 166 Å². The van der Waals surface area contributed by atoms with Gasteiger partial charge in [-0.05, 0) is 104 Å². The highest BCUT2D eigenvalue weighted by molar-refractivity contribution is 6.00. The minimum atomic E-state index is -1.44. The molecule has 1 aromatic heterocycles. The van der Waals surface area contributed by atoms with Crippen molar-refractivity contribution >= 4 is 29.5 Å². The largest absolute Gasteiger partial charge is 0.459 e. The van der Waals surface area contributed by atoms with Crippen molar-refractivity contribution in [1.82, 2.24) is 30.1 Å². The molecule has 3 fully saturated rings. The maximum atomic E-state index is 14.6. The molecule has 69 heavy (non-hydrogen) atoms. The van der Waals surface area contributed by atoms with Gasteiger partial charge in [0.15, 0.2) is 17.7 Å². The number of rotatable bonds is 14. The number of hydrogen-bond acceptors (Lipinski definition) is 17. The van der Waals surface area contributed by atoms with Crippen molar-refractivity contribution < 1.29 is 57.8 Å². The highest BCUT2D eigenvalue weighted by atomic mass is 16.7. The number of ether oxygens (including phenoxy) is 6. The van der Waals surface area contributed by atoms with Crippen LogP contribution >= 0.6 is 0 Å². The van der Waals surface area contributed by atoms with E-state index < -0.39 is 95.7 Å². The third kappa shape index (κ3) is 12.0. The quantitative estimate of drug-likeness (QED) is 0.0585. The first kappa shape index (κ1) is 53.3. The van der Waals surface area contributed by atoms with Gasteiger partial charge in [-0.2, -0.15) is 0 Å². The van der Waals surface area contributed by atoms with Gasteiger partial charge in [0.25, 0.3) is 0 Å². The Morgan fingerprint density at radius 3 is 2.38 bits per heavy atom. The summed E-state index contributed by atoms with van der Waals surface area (Å²) in [5.41, 5.74) is 5.95. The second-order valence-corrected chi connectivity index (χ2v) is 19.7. The Bertz CT molecular complexity index is 2210. The lowest BCUT2D eigenvalue weighted by molar-refractivity contribution is -0.319. The number of nitrogen functional groups attached to an aromatic ring is 1. The van der Waals surface area contributed by atoms with E-state index in [4.69, 9.17) is 34.2 Å². The number of carbonyl (C=O) groups excluding carboxylic acids is 4. The summed E-state index contributed by atoms with van der Waals surface area (Å²) in [4.78, 5) is 59.1. The number of anilines is 1. The highest BCUT2D eigenvalue weighted by Gasteiger charge is 2.59. The summed E-state index contributed by atoms with van der Waals surface area (Å²) in [5, 5.41) is 35.5. The number of nitrogens with two attached hydrogens (primary N) is 1. The van der Waals surface area contributed by atoms with E-state index in [-0.39, 0.29) is 25.0 Å². The van der Waals surface area contributed by atoms with Gasteiger partial charge in [0, 0.05) is 43.4 Å². The molecule has 0 radical (unpaired) electrons. The van der Waals surface area contributed by atoms with E-state index in [2.05, 4.69) is 15.6 Å². The lowest BCUT2D eigenvalue weighted by Crippen LogP contribution is -2.65. The van der Waals surface area contributed by atoms with Gasteiger partial charge in [0.05, 0.1) is 35.5 Å². The van der Waals surface area contributed by atoms with E-state index in [1.807, 2.05) is 58.2 Å². The number of amides is 1. The number of unbranched alkanes of at least 4 members (excludes halogenated alkanes) is 1. The second kappa shape index (κ2) is 22.8. The van der Waals surface area contributed by atoms with Gasteiger partial charge in [-0.15, -0.1) is 5.10 Å². The Balaban J connectivity index is 1.22. The van der Waals surface area contributed by atoms with E-state index in [9.17, 15) is 29.4 Å². The molecule has 3 aromatic rings. The first-order valence-electron chi connectivity index (χ1n) is 24.1. The smallest absolute Gasteiger partial charge is 0.410 e. The van der Waals surface area contributed by atoms with Crippen LogP contribution in [0.1, 0.15) is 84.5 Å². The Morgan fingerprint density at radius 2 is 1.71 bits per heavy atom. The summed E-state index contributed by atoms with van der Waals surface area (Å²) in [7, 11) is 4.88. The van der Waals surface area contributed by atoms with Crippen molar-refractivity contribution in [1.29, 1.82) is 0 Å². The fourth-order valence-electron chi connectivity index (χ4n) is 10.4. The first-order chi connectivity index (χ1) is 32.7. The van der Waals surface area contributed by atoms with Gasteiger partial charge in [-0.25, -0.2) is 9.59 Å². The molecule has 3 aliphatic heterocycles. The number of nitrogens with one attached hydrogen (secondary N) is 1. The number of fused-ring (bicyclic) bond motifs is 1. The lowest BCUT2D eigenvalue weighted by atomic mass is 9.78. The molecule has 6 rings (SSSR count). The van der Waals surface area contributed by atoms with Crippen LogP contribution in [0.2, 0.25) is 0 Å². The Kier molecular flexibility index (Phi) is 17.6. The zero-order valence-corrected chi connectivity index (χ0v) is 41.6. The average molecular weight is 964 g/mol. The molecule has 0 aliphatic carbocycles. The number of carbonyl (C=O) groups is 4. The van der Waals surface area contributed by atoms with Gasteiger partial charge >= 0.3 is 18.0 Å². The molecule has 3 aliphatic rings. The van der Waals surface area contributed by atoms with Crippen LogP contribution in [0.3, 0.4) is 0 Å². The number of aliphatic hydroxyl groups is 2. The molecule has 0 saturated carbocycles. The standard InChI is InChI=1S/C50H73N7O12/c1-11-38-50(7)43(57(48(63)69-50)23-16-15-22-56-27-36(53-54-56)34-20-17-21-35(51)24-34)32(5)52-26-29(2)25-49(6,64-10)44(30(3)40(58)31(4)45(61)67-38)68-47-42(60)39(55(8)9)41(59)37(66-47)28-65-46(62)33-18-13-12-14-19-33/h12-14,17-21,24,27,29-32,37-39,41-44,47,52,59-60H,11,15-16,22-23,25-26,28,51H2,1-10H3/t29-,30-,31-,32-,37-,38-,39+,41-,42-,43-,44+,47?,49-,50-/m1/s1. The number of methoxy groups -OCH3 is 1. The number of hydrogen-bond donors (Lipinski definition) is 4. The molecular formula is C50H73N7O12.